The summed E-state index contributed by atoms with van der Waals surface area (Å²) in [6.45, 7) is 3.87. The van der Waals surface area contributed by atoms with E-state index in [0.717, 1.165) is 6.07 Å². The fourth-order valence-corrected chi connectivity index (χ4v) is 4.36. The van der Waals surface area contributed by atoms with E-state index < -0.39 is 46.4 Å². The number of aromatic nitrogens is 2. The highest BCUT2D eigenvalue weighted by Gasteiger charge is 2.31. The van der Waals surface area contributed by atoms with E-state index in [1.807, 2.05) is 0 Å². The molecule has 0 aliphatic carbocycles. The lowest BCUT2D eigenvalue weighted by Gasteiger charge is -2.35. The molecule has 2 heterocycles. The van der Waals surface area contributed by atoms with Gasteiger partial charge in [-0.1, -0.05) is 30.3 Å². The molecule has 1 aliphatic heterocycles. The van der Waals surface area contributed by atoms with Crippen LogP contribution in [0.4, 0.5) is 10.6 Å². The zero-order valence-corrected chi connectivity index (χ0v) is 23.4. The molecule has 1 aromatic heterocycles. The summed E-state index contributed by atoms with van der Waals surface area (Å²) in [5.74, 6) is -2.82. The summed E-state index contributed by atoms with van der Waals surface area (Å²) in [5.41, 5.74) is 0.286. The molecule has 1 atom stereocenters. The minimum Gasteiger partial charge on any atom is -0.481 e. The average molecular weight is 593 g/mol. The number of ether oxygens (including phenoxy) is 1. The van der Waals surface area contributed by atoms with Gasteiger partial charge in [0.15, 0.2) is 5.82 Å². The second-order valence-electron chi connectivity index (χ2n) is 8.82. The quantitative estimate of drug-likeness (QED) is 0.297. The highest BCUT2D eigenvalue weighted by atomic mass is 32.2. The number of anilines is 1. The number of carboxylic acid groups (broad SMARTS) is 1. The number of aliphatic carboxylic acids is 1. The van der Waals surface area contributed by atoms with E-state index in [4.69, 9.17) is 9.57 Å². The van der Waals surface area contributed by atoms with Gasteiger partial charge in [0, 0.05) is 31.1 Å². The lowest BCUT2D eigenvalue weighted by molar-refractivity contribution is -0.157. The van der Waals surface area contributed by atoms with Crippen molar-refractivity contribution in [2.45, 2.75) is 32.7 Å². The molecule has 15 nitrogen and oxygen atoms in total. The molecule has 16 heteroatoms. The Morgan fingerprint density at radius 1 is 1.05 bits per heavy atom. The van der Waals surface area contributed by atoms with E-state index >= 15 is 0 Å². The van der Waals surface area contributed by atoms with Crippen molar-refractivity contribution in [2.75, 3.05) is 43.3 Å². The molecule has 1 saturated heterocycles. The van der Waals surface area contributed by atoms with Gasteiger partial charge in [-0.15, -0.1) is 5.06 Å². The van der Waals surface area contributed by atoms with Gasteiger partial charge >= 0.3 is 12.1 Å². The number of piperazine rings is 1. The number of benzene rings is 1. The predicted octanol–water partition coefficient (Wildman–Crippen LogP) is 1.10. The fourth-order valence-electron chi connectivity index (χ4n) is 3.79. The summed E-state index contributed by atoms with van der Waals surface area (Å²) in [6, 6.07) is 8.49. The number of carboxylic acids is 1. The molecule has 3 rings (SSSR count). The standard InChI is InChI=1S/C25H32N6O9S/c1-3-39-25(36)40-31-14-12-30(13-15-31)24(35)18(10-11-21(32)33)27-23(34)19-16-20(29-41(37,38)4-2)28-22(26-19)17-8-6-5-7-9-17/h5-9,16,18H,3-4,10-15H2,1-2H3,(H,27,34)(H,32,33)(H,26,28,29)/t18-/m0/s1. The minimum absolute atomic E-state index is 0.0678. The van der Waals surface area contributed by atoms with Crippen molar-refractivity contribution in [3.8, 4) is 11.4 Å². The largest absolute Gasteiger partial charge is 0.527 e. The first kappa shape index (κ1) is 31.2. The van der Waals surface area contributed by atoms with Crippen LogP contribution in [0, 0.1) is 0 Å². The van der Waals surface area contributed by atoms with E-state index in [1.165, 1.54) is 16.9 Å². The molecule has 0 spiro atoms. The number of carbonyl (C=O) groups excluding carboxylic acids is 3. The smallest absolute Gasteiger partial charge is 0.481 e. The molecule has 0 radical (unpaired) electrons. The van der Waals surface area contributed by atoms with Crippen LogP contribution in [0.15, 0.2) is 36.4 Å². The van der Waals surface area contributed by atoms with E-state index in [1.54, 1.807) is 37.3 Å². The SMILES string of the molecule is CCOC(=O)ON1CCN(C(=O)[C@H](CCC(=O)O)NC(=O)c2cc(NS(=O)(=O)CC)nc(-c3ccccc3)n2)CC1. The Morgan fingerprint density at radius 2 is 1.73 bits per heavy atom. The summed E-state index contributed by atoms with van der Waals surface area (Å²) < 4.78 is 31.4. The van der Waals surface area contributed by atoms with Crippen molar-refractivity contribution in [1.82, 2.24) is 25.2 Å². The predicted molar refractivity (Wildman–Crippen MR) is 145 cm³/mol. The maximum absolute atomic E-state index is 13.3. The van der Waals surface area contributed by atoms with Gasteiger partial charge < -0.3 is 24.9 Å². The molecule has 1 aromatic carbocycles. The van der Waals surface area contributed by atoms with Gasteiger partial charge in [-0.2, -0.15) is 0 Å². The third-order valence-electron chi connectivity index (χ3n) is 5.90. The molecule has 3 N–H and O–H groups in total. The van der Waals surface area contributed by atoms with Gasteiger partial charge in [-0.25, -0.2) is 23.2 Å². The third-order valence-corrected chi connectivity index (χ3v) is 7.18. The Hall–Kier alpha value is -4.31. The van der Waals surface area contributed by atoms with Crippen molar-refractivity contribution in [2.24, 2.45) is 0 Å². The highest BCUT2D eigenvalue weighted by molar-refractivity contribution is 7.92. The van der Waals surface area contributed by atoms with Crippen LogP contribution in [0.5, 0.6) is 0 Å². The maximum atomic E-state index is 13.3. The second-order valence-corrected chi connectivity index (χ2v) is 10.8. The third kappa shape index (κ3) is 9.39. The Bertz CT molecular complexity index is 1350. The molecule has 1 fully saturated rings. The Morgan fingerprint density at radius 3 is 2.34 bits per heavy atom. The van der Waals surface area contributed by atoms with Gasteiger partial charge in [-0.3, -0.25) is 19.1 Å². The number of nitrogens with one attached hydrogen (secondary N) is 2. The highest BCUT2D eigenvalue weighted by Crippen LogP contribution is 2.19. The zero-order valence-electron chi connectivity index (χ0n) is 22.6. The number of hydrogen-bond donors (Lipinski definition) is 3. The summed E-state index contributed by atoms with van der Waals surface area (Å²) in [6.07, 6.45) is -1.46. The van der Waals surface area contributed by atoms with Crippen molar-refractivity contribution in [3.05, 3.63) is 42.1 Å². The summed E-state index contributed by atoms with van der Waals surface area (Å²) in [4.78, 5) is 64.4. The molecule has 222 valence electrons. The first-order valence-corrected chi connectivity index (χ1v) is 14.5. The molecule has 0 bridgehead atoms. The molecule has 1 aliphatic rings. The van der Waals surface area contributed by atoms with Crippen LogP contribution < -0.4 is 10.0 Å². The fraction of sp³-hybridized carbons (Fsp3) is 0.440. The van der Waals surface area contributed by atoms with Crippen LogP contribution in [0.25, 0.3) is 11.4 Å². The Balaban J connectivity index is 1.81. The minimum atomic E-state index is -3.74. The second kappa shape index (κ2) is 14.4. The van der Waals surface area contributed by atoms with Gasteiger partial charge in [0.05, 0.1) is 25.4 Å². The summed E-state index contributed by atoms with van der Waals surface area (Å²) in [5, 5.41) is 13.1. The van der Waals surface area contributed by atoms with Gasteiger partial charge in [-0.05, 0) is 20.3 Å². The molecule has 2 aromatic rings. The van der Waals surface area contributed by atoms with Crippen LogP contribution in [0.1, 0.15) is 37.2 Å². The van der Waals surface area contributed by atoms with Crippen LogP contribution in [-0.2, 0) is 29.2 Å². The maximum Gasteiger partial charge on any atom is 0.527 e. The molecule has 41 heavy (non-hydrogen) atoms. The normalized spacial score (nSPS) is 14.5. The molecule has 0 saturated carbocycles. The van der Waals surface area contributed by atoms with E-state index in [2.05, 4.69) is 20.0 Å². The van der Waals surface area contributed by atoms with Crippen LogP contribution >= 0.6 is 0 Å². The van der Waals surface area contributed by atoms with Crippen LogP contribution in [-0.4, -0.2) is 102 Å². The number of carbonyl (C=O) groups is 4. The Labute approximate surface area is 236 Å². The molecule has 0 unspecified atom stereocenters. The zero-order chi connectivity index (χ0) is 30.0. The first-order valence-electron chi connectivity index (χ1n) is 12.9. The topological polar surface area (TPSA) is 197 Å². The van der Waals surface area contributed by atoms with Crippen LogP contribution in [0.2, 0.25) is 0 Å². The summed E-state index contributed by atoms with van der Waals surface area (Å²) in [7, 11) is -3.74. The Kier molecular flexibility index (Phi) is 10.9. The van der Waals surface area contributed by atoms with Crippen molar-refractivity contribution in [1.29, 1.82) is 0 Å². The van der Waals surface area contributed by atoms with E-state index in [0.29, 0.717) is 5.56 Å². The van der Waals surface area contributed by atoms with Gasteiger partial charge in [0.2, 0.25) is 15.9 Å². The number of sulfonamides is 1. The lowest BCUT2D eigenvalue weighted by atomic mass is 10.1. The molecule has 2 amide bonds. The number of nitrogens with zero attached hydrogens (tertiary/aromatic N) is 4. The first-order chi connectivity index (χ1) is 19.5. The number of rotatable bonds is 12. The lowest BCUT2D eigenvalue weighted by Crippen LogP contribution is -2.55. The number of amides is 2. The van der Waals surface area contributed by atoms with Gasteiger partial charge in [0.25, 0.3) is 5.91 Å². The summed E-state index contributed by atoms with van der Waals surface area (Å²) >= 11 is 0. The van der Waals surface area contributed by atoms with Crippen molar-refractivity contribution >= 4 is 39.8 Å². The van der Waals surface area contributed by atoms with Crippen molar-refractivity contribution < 1.29 is 42.3 Å². The monoisotopic (exact) mass is 592 g/mol. The van der Waals surface area contributed by atoms with Crippen LogP contribution in [0.3, 0.4) is 0 Å². The molecular weight excluding hydrogens is 560 g/mol. The molecular formula is C25H32N6O9S. The average Bonchev–Trinajstić information content (AvgIpc) is 2.95. The van der Waals surface area contributed by atoms with Crippen molar-refractivity contribution in [3.63, 3.8) is 0 Å². The van der Waals surface area contributed by atoms with E-state index in [-0.39, 0.29) is 62.3 Å². The number of hydroxylamine groups is 2. The van der Waals surface area contributed by atoms with Gasteiger partial charge in [0.1, 0.15) is 17.6 Å². The number of hydrogen-bond acceptors (Lipinski definition) is 11. The van der Waals surface area contributed by atoms with E-state index in [9.17, 15) is 32.7 Å².